The van der Waals surface area contributed by atoms with Gasteiger partial charge in [-0.15, -0.1) is 0 Å². The number of quaternary nitrogens is 1. The van der Waals surface area contributed by atoms with Gasteiger partial charge in [-0.2, -0.15) is 13.2 Å². The third-order valence-electron chi connectivity index (χ3n) is 5.20. The third kappa shape index (κ3) is 7.72. The van der Waals surface area contributed by atoms with E-state index in [2.05, 4.69) is 19.4 Å². The van der Waals surface area contributed by atoms with E-state index in [0.717, 1.165) is 47.4 Å². The maximum atomic E-state index is 13.4. The molecule has 9 heteroatoms. The average molecular weight is 549 g/mol. The van der Waals surface area contributed by atoms with Gasteiger partial charge in [-0.25, -0.2) is 0 Å². The van der Waals surface area contributed by atoms with Gasteiger partial charge in [0.25, 0.3) is 0 Å². The summed E-state index contributed by atoms with van der Waals surface area (Å²) >= 11 is 19.4. The minimum absolute atomic E-state index is 0.153. The Hall–Kier alpha value is -1.57. The van der Waals surface area contributed by atoms with Crippen molar-refractivity contribution < 1.29 is 17.7 Å². The molecule has 0 fully saturated rings. The summed E-state index contributed by atoms with van der Waals surface area (Å²) in [5.74, 6) is 0. The molecular formula is C25H25Cl3F3N2S+. The molecule has 1 N–H and O–H groups in total. The highest BCUT2D eigenvalue weighted by Crippen LogP contribution is 2.42. The molecule has 0 bridgehead atoms. The summed E-state index contributed by atoms with van der Waals surface area (Å²) < 4.78 is 41.0. The molecule has 3 rings (SSSR count). The highest BCUT2D eigenvalue weighted by molar-refractivity contribution is 7.99. The van der Waals surface area contributed by atoms with Gasteiger partial charge in [0, 0.05) is 39.0 Å². The smallest absolute Gasteiger partial charge is 0.384 e. The quantitative estimate of drug-likeness (QED) is 0.212. The summed E-state index contributed by atoms with van der Waals surface area (Å²) in [7, 11) is 4.27. The molecule has 0 radical (unpaired) electrons. The number of hydrogen-bond donors (Lipinski definition) is 1. The second-order valence-electron chi connectivity index (χ2n) is 8.58. The third-order valence-corrected chi connectivity index (χ3v) is 7.33. The number of nitrogens with zero attached hydrogens (tertiary/aromatic N) is 1. The summed E-state index contributed by atoms with van der Waals surface area (Å²) in [6.45, 7) is 2.33. The Kier molecular flexibility index (Phi) is 9.10. The number of halogens is 6. The Labute approximate surface area is 217 Å². The van der Waals surface area contributed by atoms with Crippen LogP contribution in [-0.4, -0.2) is 31.7 Å². The Balaban J connectivity index is 1.63. The normalized spacial score (nSPS) is 12.1. The van der Waals surface area contributed by atoms with Crippen molar-refractivity contribution in [2.24, 2.45) is 0 Å². The predicted molar refractivity (Wildman–Crippen MR) is 137 cm³/mol. The van der Waals surface area contributed by atoms with Crippen LogP contribution in [0.2, 0.25) is 15.1 Å². The van der Waals surface area contributed by atoms with Crippen LogP contribution in [0.5, 0.6) is 0 Å². The van der Waals surface area contributed by atoms with Gasteiger partial charge >= 0.3 is 6.18 Å². The molecule has 0 heterocycles. The fourth-order valence-electron chi connectivity index (χ4n) is 3.58. The number of alkyl halides is 3. The minimum atomic E-state index is -4.42. The van der Waals surface area contributed by atoms with Crippen molar-refractivity contribution in [3.8, 4) is 0 Å². The number of hydrogen-bond acceptors (Lipinski definition) is 2. The zero-order chi connectivity index (χ0) is 24.9. The van der Waals surface area contributed by atoms with Crippen molar-refractivity contribution in [3.63, 3.8) is 0 Å². The zero-order valence-corrected chi connectivity index (χ0v) is 21.8. The fraction of sp³-hybridized carbons (Fsp3) is 0.280. The number of benzene rings is 3. The van der Waals surface area contributed by atoms with Gasteiger partial charge in [-0.1, -0.05) is 64.8 Å². The van der Waals surface area contributed by atoms with Crippen LogP contribution < -0.4 is 5.32 Å². The lowest BCUT2D eigenvalue weighted by molar-refractivity contribution is -0.903. The van der Waals surface area contributed by atoms with Crippen LogP contribution in [-0.2, 0) is 12.7 Å². The van der Waals surface area contributed by atoms with Gasteiger partial charge in [0.15, 0.2) is 0 Å². The second-order valence-corrected chi connectivity index (χ2v) is 10.9. The van der Waals surface area contributed by atoms with Crippen molar-refractivity contribution in [2.45, 2.75) is 28.9 Å². The Morgan fingerprint density at radius 2 is 1.62 bits per heavy atom. The van der Waals surface area contributed by atoms with E-state index < -0.39 is 11.7 Å². The highest BCUT2D eigenvalue weighted by Gasteiger charge is 2.33. The zero-order valence-electron chi connectivity index (χ0n) is 18.7. The lowest BCUT2D eigenvalue weighted by Gasteiger charge is -2.30. The van der Waals surface area contributed by atoms with E-state index >= 15 is 0 Å². The number of nitrogens with one attached hydrogen (secondary N) is 1. The van der Waals surface area contributed by atoms with E-state index in [1.54, 1.807) is 30.3 Å². The molecule has 0 spiro atoms. The molecule has 3 aromatic rings. The molecule has 0 saturated carbocycles. The molecule has 0 aliphatic rings. The average Bonchev–Trinajstić information content (AvgIpc) is 2.75. The number of anilines is 1. The first-order valence-corrected chi connectivity index (χ1v) is 12.5. The fourth-order valence-corrected chi connectivity index (χ4v) is 5.13. The molecule has 2 nitrogen and oxygen atoms in total. The minimum Gasteiger partial charge on any atom is -0.384 e. The molecule has 0 saturated heterocycles. The lowest BCUT2D eigenvalue weighted by atomic mass is 10.2. The Morgan fingerprint density at radius 3 is 2.32 bits per heavy atom. The first kappa shape index (κ1) is 27.0. The maximum Gasteiger partial charge on any atom is 0.417 e. The first-order chi connectivity index (χ1) is 15.9. The van der Waals surface area contributed by atoms with Crippen LogP contribution >= 0.6 is 46.6 Å². The molecule has 0 atom stereocenters. The van der Waals surface area contributed by atoms with Crippen molar-refractivity contribution in [3.05, 3.63) is 86.9 Å². The van der Waals surface area contributed by atoms with Crippen LogP contribution in [0.25, 0.3) is 0 Å². The Bertz CT molecular complexity index is 1140. The topological polar surface area (TPSA) is 12.0 Å². The van der Waals surface area contributed by atoms with Gasteiger partial charge in [0.05, 0.1) is 36.2 Å². The van der Waals surface area contributed by atoms with E-state index in [1.165, 1.54) is 12.1 Å². The van der Waals surface area contributed by atoms with Crippen LogP contribution in [0.3, 0.4) is 0 Å². The molecule has 34 heavy (non-hydrogen) atoms. The van der Waals surface area contributed by atoms with E-state index in [0.29, 0.717) is 32.2 Å². The summed E-state index contributed by atoms with van der Waals surface area (Å²) in [5.41, 5.74) is 1.16. The molecule has 0 amide bonds. The van der Waals surface area contributed by atoms with Gasteiger partial charge in [-0.3, -0.25) is 0 Å². The summed E-state index contributed by atoms with van der Waals surface area (Å²) in [6.07, 6.45) is -3.56. The van der Waals surface area contributed by atoms with E-state index in [1.807, 2.05) is 12.1 Å². The number of rotatable bonds is 9. The molecule has 0 aliphatic heterocycles. The highest BCUT2D eigenvalue weighted by atomic mass is 35.5. The van der Waals surface area contributed by atoms with Gasteiger partial charge < -0.3 is 9.80 Å². The van der Waals surface area contributed by atoms with E-state index in [4.69, 9.17) is 34.8 Å². The van der Waals surface area contributed by atoms with Crippen LogP contribution in [0.15, 0.2) is 70.5 Å². The second kappa shape index (κ2) is 11.4. The van der Waals surface area contributed by atoms with Crippen LogP contribution in [0, 0.1) is 0 Å². The van der Waals surface area contributed by atoms with Crippen molar-refractivity contribution in [1.29, 1.82) is 0 Å². The largest absolute Gasteiger partial charge is 0.417 e. The standard InChI is InChI=1S/C25H25Cl3F3N2S/c1-33(2,16-17-8-10-20(27)21(28)14-17)13-5-12-32-22-15-18(26)9-11-24(22)34-23-7-4-3-6-19(23)25(29,30)31/h3-4,6-11,14-15,32H,5,12-13,16H2,1-2H3/q+1. The first-order valence-electron chi connectivity index (χ1n) is 10.6. The monoisotopic (exact) mass is 547 g/mol. The van der Waals surface area contributed by atoms with Crippen LogP contribution in [0.4, 0.5) is 18.9 Å². The molecule has 0 aromatic heterocycles. The summed E-state index contributed by atoms with van der Waals surface area (Å²) in [6, 6.07) is 16.4. The SMILES string of the molecule is C[N+](C)(CCCNc1cc(Cl)ccc1Sc1ccccc1C(F)(F)F)Cc1ccc(Cl)c(Cl)c1. The Morgan fingerprint density at radius 1 is 0.882 bits per heavy atom. The van der Waals surface area contributed by atoms with Crippen LogP contribution in [0.1, 0.15) is 17.5 Å². The molecule has 182 valence electrons. The van der Waals surface area contributed by atoms with Gasteiger partial charge in [-0.05, 0) is 42.5 Å². The molecule has 3 aromatic carbocycles. The van der Waals surface area contributed by atoms with Crippen molar-refractivity contribution in [2.75, 3.05) is 32.5 Å². The summed E-state index contributed by atoms with van der Waals surface area (Å²) in [5, 5.41) is 4.95. The van der Waals surface area contributed by atoms with Crippen molar-refractivity contribution in [1.82, 2.24) is 0 Å². The maximum absolute atomic E-state index is 13.4. The molecule has 0 aliphatic carbocycles. The van der Waals surface area contributed by atoms with E-state index in [9.17, 15) is 13.2 Å². The summed E-state index contributed by atoms with van der Waals surface area (Å²) in [4.78, 5) is 0.838. The molecular weight excluding hydrogens is 524 g/mol. The van der Waals surface area contributed by atoms with Gasteiger partial charge in [0.1, 0.15) is 6.54 Å². The predicted octanol–water partition coefficient (Wildman–Crippen LogP) is 8.90. The molecule has 0 unspecified atom stereocenters. The van der Waals surface area contributed by atoms with Gasteiger partial charge in [0.2, 0.25) is 0 Å². The lowest BCUT2D eigenvalue weighted by Crippen LogP contribution is -2.40. The van der Waals surface area contributed by atoms with Crippen molar-refractivity contribution >= 4 is 52.3 Å². The van der Waals surface area contributed by atoms with E-state index in [-0.39, 0.29) is 4.90 Å².